The van der Waals surface area contributed by atoms with E-state index in [0.29, 0.717) is 0 Å². The molecule has 106 valence electrons. The summed E-state index contributed by atoms with van der Waals surface area (Å²) in [6.07, 6.45) is 4.36. The summed E-state index contributed by atoms with van der Waals surface area (Å²) >= 11 is 1.74. The summed E-state index contributed by atoms with van der Waals surface area (Å²) in [6, 6.07) is 4.22. The van der Waals surface area contributed by atoms with Crippen LogP contribution in [0.3, 0.4) is 0 Å². The molecule has 0 amide bonds. The first-order valence-corrected chi connectivity index (χ1v) is 8.11. The molecule has 0 bridgehead atoms. The van der Waals surface area contributed by atoms with Crippen LogP contribution in [0.15, 0.2) is 12.1 Å². The van der Waals surface area contributed by atoms with E-state index in [1.54, 1.807) is 11.3 Å². The summed E-state index contributed by atoms with van der Waals surface area (Å²) in [7, 11) is 0. The topological polar surface area (TPSA) is 32.7 Å². The fourth-order valence-electron chi connectivity index (χ4n) is 3.62. The first-order valence-electron chi connectivity index (χ1n) is 7.30. The van der Waals surface area contributed by atoms with Gasteiger partial charge in [0.25, 0.3) is 0 Å². The van der Waals surface area contributed by atoms with Crippen molar-refractivity contribution in [3.8, 4) is 0 Å². The van der Waals surface area contributed by atoms with Crippen molar-refractivity contribution >= 4 is 11.3 Å². The lowest BCUT2D eigenvalue weighted by Crippen LogP contribution is -2.55. The third-order valence-electron chi connectivity index (χ3n) is 4.65. The zero-order valence-corrected chi connectivity index (χ0v) is 12.4. The maximum absolute atomic E-state index is 11.0. The fraction of sp³-hybridized carbons (Fsp3) is 0.733. The molecule has 1 unspecified atom stereocenters. The predicted octanol–water partition coefficient (Wildman–Crippen LogP) is 2.73. The molecule has 1 saturated carbocycles. The van der Waals surface area contributed by atoms with Gasteiger partial charge in [-0.25, -0.2) is 0 Å². The Bertz CT molecular complexity index is 420. The molecule has 3 nitrogen and oxygen atoms in total. The Kier molecular flexibility index (Phi) is 3.94. The van der Waals surface area contributed by atoms with E-state index in [2.05, 4.69) is 24.0 Å². The molecule has 1 saturated heterocycles. The van der Waals surface area contributed by atoms with Gasteiger partial charge in [-0.1, -0.05) is 12.8 Å². The second kappa shape index (κ2) is 5.52. The van der Waals surface area contributed by atoms with E-state index in [9.17, 15) is 5.11 Å². The summed E-state index contributed by atoms with van der Waals surface area (Å²) in [5.74, 6) is 0. The molecule has 1 aromatic heterocycles. The third-order valence-corrected chi connectivity index (χ3v) is 5.70. The van der Waals surface area contributed by atoms with Gasteiger partial charge in [0.15, 0.2) is 0 Å². The van der Waals surface area contributed by atoms with E-state index in [0.717, 1.165) is 44.0 Å². The van der Waals surface area contributed by atoms with Crippen molar-refractivity contribution < 1.29 is 9.84 Å². The summed E-state index contributed by atoms with van der Waals surface area (Å²) in [4.78, 5) is 4.90. The first kappa shape index (κ1) is 13.6. The molecule has 1 aromatic rings. The van der Waals surface area contributed by atoms with Crippen LogP contribution in [0.25, 0.3) is 0 Å². The molecule has 4 heteroatoms. The van der Waals surface area contributed by atoms with Crippen molar-refractivity contribution in [3.05, 3.63) is 21.9 Å². The first-order chi connectivity index (χ1) is 9.22. The van der Waals surface area contributed by atoms with Crippen molar-refractivity contribution in [2.45, 2.75) is 44.2 Å². The van der Waals surface area contributed by atoms with Gasteiger partial charge in [0, 0.05) is 22.8 Å². The Balaban J connectivity index is 1.86. The van der Waals surface area contributed by atoms with Crippen molar-refractivity contribution in [1.82, 2.24) is 4.90 Å². The summed E-state index contributed by atoms with van der Waals surface area (Å²) < 4.78 is 5.47. The Labute approximate surface area is 119 Å². The normalized spacial score (nSPS) is 25.6. The molecule has 0 radical (unpaired) electrons. The van der Waals surface area contributed by atoms with Crippen LogP contribution in [0.5, 0.6) is 0 Å². The zero-order valence-electron chi connectivity index (χ0n) is 11.6. The minimum absolute atomic E-state index is 0.0406. The molecule has 3 rings (SSSR count). The number of hydrogen-bond acceptors (Lipinski definition) is 4. The van der Waals surface area contributed by atoms with Gasteiger partial charge in [-0.3, -0.25) is 4.90 Å². The van der Waals surface area contributed by atoms with Gasteiger partial charge in [0.05, 0.1) is 18.8 Å². The van der Waals surface area contributed by atoms with Crippen LogP contribution in [0.4, 0.5) is 0 Å². The summed E-state index contributed by atoms with van der Waals surface area (Å²) in [6.45, 7) is 5.63. The minimum Gasteiger partial charge on any atom is -0.386 e. The van der Waals surface area contributed by atoms with E-state index in [1.807, 2.05) is 0 Å². The van der Waals surface area contributed by atoms with E-state index in [1.165, 1.54) is 17.7 Å². The lowest BCUT2D eigenvalue weighted by molar-refractivity contribution is -0.0763. The second-order valence-corrected chi connectivity index (χ2v) is 7.08. The van der Waals surface area contributed by atoms with E-state index in [-0.39, 0.29) is 11.6 Å². The molecule has 1 aliphatic heterocycles. The molecular weight excluding hydrogens is 258 g/mol. The standard InChI is InChI=1S/C15H23NO2S/c1-12-4-5-13(19-12)14(17)15(6-2-3-7-15)16-8-10-18-11-9-16/h4-5,14,17H,2-3,6-11H2,1H3. The van der Waals surface area contributed by atoms with Crippen molar-refractivity contribution in [3.63, 3.8) is 0 Å². The maximum Gasteiger partial charge on any atom is 0.106 e. The number of aliphatic hydroxyl groups excluding tert-OH is 1. The van der Waals surface area contributed by atoms with Crippen LogP contribution in [-0.2, 0) is 4.74 Å². The molecule has 2 fully saturated rings. The van der Waals surface area contributed by atoms with Crippen molar-refractivity contribution in [2.75, 3.05) is 26.3 Å². The van der Waals surface area contributed by atoms with Crippen LogP contribution in [0, 0.1) is 6.92 Å². The monoisotopic (exact) mass is 281 g/mol. The molecule has 1 aliphatic carbocycles. The smallest absolute Gasteiger partial charge is 0.106 e. The highest BCUT2D eigenvalue weighted by Gasteiger charge is 2.46. The number of ether oxygens (including phenoxy) is 1. The van der Waals surface area contributed by atoms with Gasteiger partial charge in [0.1, 0.15) is 6.10 Å². The largest absolute Gasteiger partial charge is 0.386 e. The van der Waals surface area contributed by atoms with E-state index in [4.69, 9.17) is 4.74 Å². The SMILES string of the molecule is Cc1ccc(C(O)C2(N3CCOCC3)CCCC2)s1. The number of morpholine rings is 1. The summed E-state index contributed by atoms with van der Waals surface area (Å²) in [5, 5.41) is 11.0. The number of aliphatic hydroxyl groups is 1. The molecule has 0 aromatic carbocycles. The highest BCUT2D eigenvalue weighted by molar-refractivity contribution is 7.12. The molecule has 0 spiro atoms. The average Bonchev–Trinajstić information content (AvgIpc) is 3.08. The minimum atomic E-state index is -0.341. The lowest BCUT2D eigenvalue weighted by atomic mass is 9.86. The van der Waals surface area contributed by atoms with Gasteiger partial charge >= 0.3 is 0 Å². The number of thiophene rings is 1. The molecule has 2 heterocycles. The maximum atomic E-state index is 11.0. The zero-order chi connectivity index (χ0) is 13.3. The molecule has 19 heavy (non-hydrogen) atoms. The Morgan fingerprint density at radius 1 is 1.26 bits per heavy atom. The molecule has 1 N–H and O–H groups in total. The van der Waals surface area contributed by atoms with Gasteiger partial charge in [-0.2, -0.15) is 0 Å². The van der Waals surface area contributed by atoms with Gasteiger partial charge < -0.3 is 9.84 Å². The Morgan fingerprint density at radius 2 is 1.95 bits per heavy atom. The number of nitrogens with zero attached hydrogens (tertiary/aromatic N) is 1. The average molecular weight is 281 g/mol. The number of rotatable bonds is 3. The summed E-state index contributed by atoms with van der Waals surface area (Å²) in [5.41, 5.74) is -0.0406. The van der Waals surface area contributed by atoms with E-state index >= 15 is 0 Å². The highest BCUT2D eigenvalue weighted by atomic mass is 32.1. The quantitative estimate of drug-likeness (QED) is 0.924. The predicted molar refractivity (Wildman–Crippen MR) is 77.6 cm³/mol. The molecule has 2 aliphatic rings. The van der Waals surface area contributed by atoms with Gasteiger partial charge in [-0.15, -0.1) is 11.3 Å². The van der Waals surface area contributed by atoms with Gasteiger partial charge in [0.2, 0.25) is 0 Å². The number of aryl methyl sites for hydroxylation is 1. The van der Waals surface area contributed by atoms with Crippen LogP contribution in [0.2, 0.25) is 0 Å². The Morgan fingerprint density at radius 3 is 2.53 bits per heavy atom. The van der Waals surface area contributed by atoms with Gasteiger partial charge in [-0.05, 0) is 31.9 Å². The van der Waals surface area contributed by atoms with Crippen molar-refractivity contribution in [2.24, 2.45) is 0 Å². The van der Waals surface area contributed by atoms with Crippen LogP contribution in [0.1, 0.15) is 41.5 Å². The van der Waals surface area contributed by atoms with Crippen LogP contribution in [-0.4, -0.2) is 41.8 Å². The molecule has 1 atom stereocenters. The van der Waals surface area contributed by atoms with E-state index < -0.39 is 0 Å². The third kappa shape index (κ3) is 2.47. The van der Waals surface area contributed by atoms with Crippen LogP contribution < -0.4 is 0 Å². The van der Waals surface area contributed by atoms with Crippen LogP contribution >= 0.6 is 11.3 Å². The second-order valence-electron chi connectivity index (χ2n) is 5.76. The highest BCUT2D eigenvalue weighted by Crippen LogP contribution is 2.46. The fourth-order valence-corrected chi connectivity index (χ4v) is 4.60. The Hall–Kier alpha value is -0.420. The molecular formula is C15H23NO2S. The van der Waals surface area contributed by atoms with Crippen molar-refractivity contribution in [1.29, 1.82) is 0 Å². The number of hydrogen-bond donors (Lipinski definition) is 1. The lowest BCUT2D eigenvalue weighted by Gasteiger charge is -2.46.